The van der Waals surface area contributed by atoms with E-state index in [2.05, 4.69) is 16.1 Å². The Bertz CT molecular complexity index is 773. The fourth-order valence-corrected chi connectivity index (χ4v) is 3.60. The number of imidazole rings is 1. The first-order valence-corrected chi connectivity index (χ1v) is 9.17. The van der Waals surface area contributed by atoms with Gasteiger partial charge in [-0.05, 0) is 55.9 Å². The average Bonchev–Trinajstić information content (AvgIpc) is 3.06. The molecule has 0 aliphatic carbocycles. The number of carbonyl (C=O) groups is 1. The van der Waals surface area contributed by atoms with E-state index in [1.165, 1.54) is 0 Å². The van der Waals surface area contributed by atoms with Gasteiger partial charge in [0.25, 0.3) is 5.91 Å². The summed E-state index contributed by atoms with van der Waals surface area (Å²) in [4.78, 5) is 19.1. The minimum absolute atomic E-state index is 0.107. The van der Waals surface area contributed by atoms with Crippen LogP contribution < -0.4 is 4.74 Å². The van der Waals surface area contributed by atoms with Crippen molar-refractivity contribution in [3.63, 3.8) is 0 Å². The third kappa shape index (κ3) is 3.98. The lowest BCUT2D eigenvalue weighted by Gasteiger charge is -2.32. The van der Waals surface area contributed by atoms with Gasteiger partial charge in [-0.3, -0.25) is 4.79 Å². The Labute approximate surface area is 155 Å². The van der Waals surface area contributed by atoms with Crippen molar-refractivity contribution in [2.75, 3.05) is 20.2 Å². The van der Waals surface area contributed by atoms with Crippen molar-refractivity contribution >= 4 is 5.91 Å². The number of piperidine rings is 1. The van der Waals surface area contributed by atoms with Crippen molar-refractivity contribution in [1.29, 1.82) is 0 Å². The molecule has 0 unspecified atom stereocenters. The molecule has 0 bridgehead atoms. The summed E-state index contributed by atoms with van der Waals surface area (Å²) in [5.41, 5.74) is 1.73. The Kier molecular flexibility index (Phi) is 5.76. The largest absolute Gasteiger partial charge is 0.496 e. The van der Waals surface area contributed by atoms with Crippen molar-refractivity contribution < 1.29 is 9.53 Å². The molecule has 0 radical (unpaired) electrons. The van der Waals surface area contributed by atoms with Crippen molar-refractivity contribution in [2.24, 2.45) is 5.92 Å². The second-order valence-electron chi connectivity index (χ2n) is 6.88. The van der Waals surface area contributed by atoms with Crippen LogP contribution in [0.3, 0.4) is 0 Å². The number of benzene rings is 1. The third-order valence-electron chi connectivity index (χ3n) is 5.17. The minimum Gasteiger partial charge on any atom is -0.496 e. The highest BCUT2D eigenvalue weighted by Crippen LogP contribution is 2.24. The number of aromatic nitrogens is 2. The molecule has 1 aromatic carbocycles. The zero-order valence-electron chi connectivity index (χ0n) is 15.6. The molecule has 5 heteroatoms. The van der Waals surface area contributed by atoms with Gasteiger partial charge in [0.15, 0.2) is 0 Å². The summed E-state index contributed by atoms with van der Waals surface area (Å²) in [7, 11) is 1.65. The van der Waals surface area contributed by atoms with Crippen LogP contribution in [0.1, 0.15) is 34.6 Å². The fourth-order valence-electron chi connectivity index (χ4n) is 3.60. The van der Waals surface area contributed by atoms with E-state index >= 15 is 0 Å². The zero-order valence-corrected chi connectivity index (χ0v) is 15.6. The molecule has 26 heavy (non-hydrogen) atoms. The number of amides is 1. The van der Waals surface area contributed by atoms with Gasteiger partial charge in [-0.1, -0.05) is 6.08 Å². The molecule has 1 fully saturated rings. The summed E-state index contributed by atoms with van der Waals surface area (Å²) in [6.07, 6.45) is 8.45. The molecular weight excluding hydrogens is 326 g/mol. The lowest BCUT2D eigenvalue weighted by molar-refractivity contribution is 0.0682. The predicted molar refractivity (Wildman–Crippen MR) is 102 cm³/mol. The maximum absolute atomic E-state index is 12.9. The molecule has 3 rings (SSSR count). The van der Waals surface area contributed by atoms with Gasteiger partial charge in [0.2, 0.25) is 0 Å². The lowest BCUT2D eigenvalue weighted by atomic mass is 9.96. The van der Waals surface area contributed by atoms with Gasteiger partial charge in [0.1, 0.15) is 11.6 Å². The van der Waals surface area contributed by atoms with E-state index in [1.54, 1.807) is 7.11 Å². The number of rotatable bonds is 6. The van der Waals surface area contributed by atoms with Crippen LogP contribution >= 0.6 is 0 Å². The number of aryl methyl sites for hydroxylation is 1. The highest BCUT2D eigenvalue weighted by Gasteiger charge is 2.24. The van der Waals surface area contributed by atoms with Gasteiger partial charge in [-0.15, -0.1) is 6.58 Å². The van der Waals surface area contributed by atoms with Crippen molar-refractivity contribution in [1.82, 2.24) is 14.5 Å². The molecule has 1 aliphatic rings. The molecule has 0 atom stereocenters. The Morgan fingerprint density at radius 2 is 2.15 bits per heavy atom. The third-order valence-corrected chi connectivity index (χ3v) is 5.17. The van der Waals surface area contributed by atoms with Crippen LogP contribution in [0.15, 0.2) is 43.2 Å². The summed E-state index contributed by atoms with van der Waals surface area (Å²) in [5, 5.41) is 0. The second kappa shape index (κ2) is 8.21. The number of methoxy groups -OCH3 is 1. The van der Waals surface area contributed by atoms with E-state index in [-0.39, 0.29) is 5.91 Å². The van der Waals surface area contributed by atoms with Crippen molar-refractivity contribution in [2.45, 2.75) is 32.7 Å². The van der Waals surface area contributed by atoms with Crippen LogP contribution in [0, 0.1) is 12.8 Å². The monoisotopic (exact) mass is 353 g/mol. The SMILES string of the molecule is C=CCc1cc(C(=O)N2CCC(Cn3ccnc3C)CC2)ccc1OC. The highest BCUT2D eigenvalue weighted by atomic mass is 16.5. The molecule has 0 N–H and O–H groups in total. The standard InChI is InChI=1S/C21H27N3O2/c1-4-5-18-14-19(6-7-20(18)26-3)21(25)23-11-8-17(9-12-23)15-24-13-10-22-16(24)2/h4,6-7,10,13-14,17H,1,5,8-9,11-12,15H2,2-3H3. The number of nitrogens with zero attached hydrogens (tertiary/aromatic N) is 3. The van der Waals surface area contributed by atoms with Crippen LogP contribution in [-0.2, 0) is 13.0 Å². The summed E-state index contributed by atoms with van der Waals surface area (Å²) in [5.74, 6) is 2.56. The second-order valence-corrected chi connectivity index (χ2v) is 6.88. The van der Waals surface area contributed by atoms with Gasteiger partial charge in [-0.25, -0.2) is 4.98 Å². The number of allylic oxidation sites excluding steroid dienone is 1. The molecule has 1 aromatic heterocycles. The lowest BCUT2D eigenvalue weighted by Crippen LogP contribution is -2.39. The molecule has 0 saturated carbocycles. The normalized spacial score (nSPS) is 15.1. The van der Waals surface area contributed by atoms with Crippen LogP contribution in [0.4, 0.5) is 0 Å². The number of hydrogen-bond acceptors (Lipinski definition) is 3. The summed E-state index contributed by atoms with van der Waals surface area (Å²) in [6.45, 7) is 8.41. The van der Waals surface area contributed by atoms with Crippen molar-refractivity contribution in [3.8, 4) is 5.75 Å². The van der Waals surface area contributed by atoms with Crippen molar-refractivity contribution in [3.05, 3.63) is 60.2 Å². The van der Waals surface area contributed by atoms with Crippen LogP contribution in [0.2, 0.25) is 0 Å². The van der Waals surface area contributed by atoms with E-state index in [9.17, 15) is 4.79 Å². The molecule has 1 saturated heterocycles. The maximum atomic E-state index is 12.9. The molecule has 5 nitrogen and oxygen atoms in total. The molecule has 0 spiro atoms. The minimum atomic E-state index is 0.107. The van der Waals surface area contributed by atoms with E-state index in [0.29, 0.717) is 12.3 Å². The quantitative estimate of drug-likeness (QED) is 0.747. The van der Waals surface area contributed by atoms with E-state index in [1.807, 2.05) is 48.5 Å². The van der Waals surface area contributed by atoms with Crippen LogP contribution in [0.25, 0.3) is 0 Å². The number of hydrogen-bond donors (Lipinski definition) is 0. The summed E-state index contributed by atoms with van der Waals surface area (Å²) in [6, 6.07) is 5.67. The van der Waals surface area contributed by atoms with E-state index < -0.39 is 0 Å². The smallest absolute Gasteiger partial charge is 0.253 e. The average molecular weight is 353 g/mol. The Morgan fingerprint density at radius 1 is 1.38 bits per heavy atom. The Morgan fingerprint density at radius 3 is 2.77 bits per heavy atom. The first-order valence-electron chi connectivity index (χ1n) is 9.17. The van der Waals surface area contributed by atoms with Crippen LogP contribution in [0.5, 0.6) is 5.75 Å². The van der Waals surface area contributed by atoms with E-state index in [0.717, 1.165) is 55.2 Å². The van der Waals surface area contributed by atoms with Gasteiger partial charge in [0.05, 0.1) is 7.11 Å². The molecule has 138 valence electrons. The number of carbonyl (C=O) groups excluding carboxylic acids is 1. The van der Waals surface area contributed by atoms with Gasteiger partial charge >= 0.3 is 0 Å². The maximum Gasteiger partial charge on any atom is 0.253 e. The fraction of sp³-hybridized carbons (Fsp3) is 0.429. The highest BCUT2D eigenvalue weighted by molar-refractivity contribution is 5.94. The topological polar surface area (TPSA) is 47.4 Å². The molecular formula is C21H27N3O2. The molecule has 2 aromatic rings. The van der Waals surface area contributed by atoms with Gasteiger partial charge in [0, 0.05) is 37.6 Å². The van der Waals surface area contributed by atoms with Gasteiger partial charge < -0.3 is 14.2 Å². The Balaban J connectivity index is 1.62. The Hall–Kier alpha value is -2.56. The predicted octanol–water partition coefficient (Wildman–Crippen LogP) is 3.48. The number of likely N-dealkylation sites (tertiary alicyclic amines) is 1. The van der Waals surface area contributed by atoms with Crippen LogP contribution in [-0.4, -0.2) is 40.6 Å². The zero-order chi connectivity index (χ0) is 18.5. The molecule has 1 amide bonds. The van der Waals surface area contributed by atoms with Gasteiger partial charge in [-0.2, -0.15) is 0 Å². The van der Waals surface area contributed by atoms with E-state index in [4.69, 9.17) is 4.74 Å². The first kappa shape index (κ1) is 18.2. The summed E-state index contributed by atoms with van der Waals surface area (Å²) >= 11 is 0. The first-order chi connectivity index (χ1) is 12.6. The summed E-state index contributed by atoms with van der Waals surface area (Å²) < 4.78 is 7.57. The molecule has 1 aliphatic heterocycles. The molecule has 2 heterocycles. The number of ether oxygens (including phenoxy) is 1.